The van der Waals surface area contributed by atoms with E-state index in [1.54, 1.807) is 6.92 Å². The first-order valence-electron chi connectivity index (χ1n) is 13.2. The van der Waals surface area contributed by atoms with Gasteiger partial charge in [-0.1, -0.05) is 33.8 Å². The van der Waals surface area contributed by atoms with Crippen molar-refractivity contribution >= 4 is 17.5 Å². The lowest BCUT2D eigenvalue weighted by atomic mass is 9.79. The summed E-state index contributed by atoms with van der Waals surface area (Å²) in [5.74, 6) is 2.11. The molecule has 1 aliphatic carbocycles. The van der Waals surface area contributed by atoms with Crippen LogP contribution in [0.1, 0.15) is 80.9 Å². The molecule has 0 spiro atoms. The largest absolute Gasteiger partial charge is 0.433 e. The molecule has 1 fully saturated rings. The summed E-state index contributed by atoms with van der Waals surface area (Å²) in [6, 6.07) is 3.82. The van der Waals surface area contributed by atoms with Gasteiger partial charge in [0.25, 0.3) is 5.91 Å². The number of carbonyl (C=O) groups excluding carboxylic acids is 1. The Labute approximate surface area is 244 Å². The van der Waals surface area contributed by atoms with E-state index in [2.05, 4.69) is 23.1 Å². The fourth-order valence-corrected chi connectivity index (χ4v) is 4.71. The van der Waals surface area contributed by atoms with E-state index in [0.717, 1.165) is 32.8 Å². The highest BCUT2D eigenvalue weighted by Crippen LogP contribution is 2.41. The van der Waals surface area contributed by atoms with Crippen LogP contribution in [0, 0.1) is 23.7 Å². The van der Waals surface area contributed by atoms with E-state index >= 15 is 0 Å². The van der Waals surface area contributed by atoms with E-state index in [9.17, 15) is 31.9 Å². The standard InChI is InChI=1S/C28H34F5N3O3.O2S/c1-6-19-23(24(37)34-16-27(38)12-10-17(3)11-13-27)35-22(7-2)36(19)20-9-8-18(14-21(20)39-25(29)30)15-26(4,5)28(31,32)33;1-3-2/h1,8-9,14,17,25,38H,7,10-13,15-16H2,2-5H3,(H,34,37);. The molecule has 0 unspecified atom stereocenters. The summed E-state index contributed by atoms with van der Waals surface area (Å²) in [4.78, 5) is 17.4. The summed E-state index contributed by atoms with van der Waals surface area (Å²) < 4.78 is 89.6. The van der Waals surface area contributed by atoms with Gasteiger partial charge in [0.1, 0.15) is 17.3 Å². The molecule has 42 heavy (non-hydrogen) atoms. The zero-order chi connectivity index (χ0) is 31.9. The van der Waals surface area contributed by atoms with Crippen LogP contribution in [0.3, 0.4) is 0 Å². The van der Waals surface area contributed by atoms with Crippen LogP contribution < -0.4 is 10.1 Å². The van der Waals surface area contributed by atoms with Crippen molar-refractivity contribution in [1.82, 2.24) is 14.9 Å². The van der Waals surface area contributed by atoms with Gasteiger partial charge in [-0.2, -0.15) is 30.4 Å². The van der Waals surface area contributed by atoms with Gasteiger partial charge in [-0.25, -0.2) is 4.98 Å². The summed E-state index contributed by atoms with van der Waals surface area (Å²) in [5.41, 5.74) is -3.18. The van der Waals surface area contributed by atoms with Crippen molar-refractivity contribution < 1.29 is 45.0 Å². The molecule has 0 atom stereocenters. The van der Waals surface area contributed by atoms with Crippen molar-refractivity contribution in [1.29, 1.82) is 0 Å². The van der Waals surface area contributed by atoms with Gasteiger partial charge in [0, 0.05) is 13.0 Å². The number of halogens is 5. The van der Waals surface area contributed by atoms with Crippen molar-refractivity contribution in [3.8, 4) is 23.8 Å². The molecule has 1 amide bonds. The van der Waals surface area contributed by atoms with Crippen molar-refractivity contribution in [2.75, 3.05) is 6.54 Å². The SMILES string of the molecule is C#Cc1c(C(=O)NCC2(O)CCC(C)CC2)nc(CC)n1-c1ccc(CC(C)(C)C(F)(F)F)cc1OC(F)F.O=S=O. The quantitative estimate of drug-likeness (QED) is 0.297. The lowest BCUT2D eigenvalue weighted by Crippen LogP contribution is -2.45. The average Bonchev–Trinajstić information content (AvgIpc) is 3.27. The first-order chi connectivity index (χ1) is 19.5. The molecule has 2 aromatic rings. The maximum Gasteiger partial charge on any atom is 0.394 e. The smallest absolute Gasteiger partial charge is 0.394 e. The predicted octanol–water partition coefficient (Wildman–Crippen LogP) is 5.15. The molecule has 1 heterocycles. The molecule has 0 aliphatic heterocycles. The van der Waals surface area contributed by atoms with Crippen molar-refractivity contribution in [3.05, 3.63) is 41.0 Å². The number of rotatable bonds is 9. The zero-order valence-corrected chi connectivity index (χ0v) is 24.5. The van der Waals surface area contributed by atoms with E-state index in [1.165, 1.54) is 16.7 Å². The van der Waals surface area contributed by atoms with E-state index in [-0.39, 0.29) is 41.4 Å². The maximum atomic E-state index is 13.4. The van der Waals surface area contributed by atoms with Crippen LogP contribution in [0.5, 0.6) is 5.75 Å². The fourth-order valence-electron chi connectivity index (χ4n) is 4.71. The number of aliphatic hydroxyl groups is 1. The zero-order valence-electron chi connectivity index (χ0n) is 23.7. The van der Waals surface area contributed by atoms with Crippen LogP contribution in [0.2, 0.25) is 0 Å². The van der Waals surface area contributed by atoms with Crippen LogP contribution in [-0.2, 0) is 24.4 Å². The third kappa shape index (κ3) is 8.61. The molecule has 0 saturated heterocycles. The molecule has 232 valence electrons. The van der Waals surface area contributed by atoms with Crippen LogP contribution >= 0.6 is 0 Å². The van der Waals surface area contributed by atoms with Crippen molar-refractivity contribution in [3.63, 3.8) is 0 Å². The van der Waals surface area contributed by atoms with Crippen molar-refractivity contribution in [2.45, 2.75) is 84.6 Å². The second-order valence-corrected chi connectivity index (χ2v) is 11.1. The fraction of sp³-hybridized carbons (Fsp3) is 0.571. The Kier molecular flexibility index (Phi) is 11.8. The topological polar surface area (TPSA) is 111 Å². The Bertz CT molecular complexity index is 1320. The third-order valence-electron chi connectivity index (χ3n) is 7.29. The lowest BCUT2D eigenvalue weighted by Gasteiger charge is -2.34. The van der Waals surface area contributed by atoms with E-state index in [0.29, 0.717) is 18.8 Å². The number of aryl methyl sites for hydroxylation is 1. The molecule has 1 saturated carbocycles. The number of nitrogens with zero attached hydrogens (tertiary/aromatic N) is 2. The highest BCUT2D eigenvalue weighted by Gasteiger charge is 2.47. The van der Waals surface area contributed by atoms with Crippen LogP contribution in [-0.4, -0.2) is 53.9 Å². The molecule has 8 nitrogen and oxygen atoms in total. The van der Waals surface area contributed by atoms with Gasteiger partial charge in [-0.3, -0.25) is 9.36 Å². The molecule has 1 aromatic heterocycles. The Morgan fingerprint density at radius 3 is 2.38 bits per heavy atom. The molecule has 0 bridgehead atoms. The molecule has 14 heteroatoms. The molecule has 2 N–H and O–H groups in total. The van der Waals surface area contributed by atoms with E-state index in [4.69, 9.17) is 19.6 Å². The van der Waals surface area contributed by atoms with Gasteiger partial charge >= 0.3 is 24.4 Å². The second-order valence-electron chi connectivity index (χ2n) is 11.0. The number of imidazole rings is 1. The summed E-state index contributed by atoms with van der Waals surface area (Å²) >= 11 is -0.750. The van der Waals surface area contributed by atoms with Crippen molar-refractivity contribution in [2.24, 2.45) is 11.3 Å². The molecule has 3 rings (SSSR count). The minimum absolute atomic E-state index is 0.000312. The number of alkyl halides is 5. The summed E-state index contributed by atoms with van der Waals surface area (Å²) in [7, 11) is 0. The molecule has 0 radical (unpaired) electrons. The normalized spacial score (nSPS) is 19.0. The molecular weight excluding hydrogens is 585 g/mol. The second kappa shape index (κ2) is 14.2. The highest BCUT2D eigenvalue weighted by atomic mass is 32.1. The van der Waals surface area contributed by atoms with Crippen LogP contribution in [0.15, 0.2) is 18.2 Å². The number of amides is 1. The molecule has 1 aromatic carbocycles. The third-order valence-corrected chi connectivity index (χ3v) is 7.29. The molecule has 1 aliphatic rings. The number of terminal acetylenes is 1. The highest BCUT2D eigenvalue weighted by molar-refractivity contribution is 7.51. The number of carbonyl (C=O) groups is 1. The average molecular weight is 620 g/mol. The summed E-state index contributed by atoms with van der Waals surface area (Å²) in [6.45, 7) is 2.60. The number of ether oxygens (including phenoxy) is 1. The van der Waals surface area contributed by atoms with Gasteiger partial charge in [-0.15, -0.1) is 6.42 Å². The maximum absolute atomic E-state index is 13.4. The predicted molar refractivity (Wildman–Crippen MR) is 145 cm³/mol. The number of aromatic nitrogens is 2. The number of benzene rings is 1. The first-order valence-corrected chi connectivity index (χ1v) is 13.8. The van der Waals surface area contributed by atoms with Crippen LogP contribution in [0.4, 0.5) is 22.0 Å². The minimum Gasteiger partial charge on any atom is -0.433 e. The number of nitrogens with one attached hydrogen (secondary N) is 1. The Hall–Kier alpha value is -3.31. The van der Waals surface area contributed by atoms with E-state index < -0.39 is 53.5 Å². The van der Waals surface area contributed by atoms with E-state index in [1.807, 2.05) is 0 Å². The van der Waals surface area contributed by atoms with Gasteiger partial charge in [0.15, 0.2) is 5.69 Å². The first kappa shape index (κ1) is 34.9. The Morgan fingerprint density at radius 1 is 1.29 bits per heavy atom. The van der Waals surface area contributed by atoms with Gasteiger partial charge < -0.3 is 15.2 Å². The lowest BCUT2D eigenvalue weighted by molar-refractivity contribution is -0.211. The van der Waals surface area contributed by atoms with Crippen LogP contribution in [0.25, 0.3) is 5.69 Å². The van der Waals surface area contributed by atoms with Gasteiger partial charge in [0.2, 0.25) is 0 Å². The monoisotopic (exact) mass is 619 g/mol. The molecular formula is C28H34F5N3O5S. The Balaban J connectivity index is 0.00000197. The number of hydrogen-bond acceptors (Lipinski definition) is 6. The minimum atomic E-state index is -4.52. The Morgan fingerprint density at radius 2 is 1.88 bits per heavy atom. The summed E-state index contributed by atoms with van der Waals surface area (Å²) in [5, 5.41) is 13.5. The summed E-state index contributed by atoms with van der Waals surface area (Å²) in [6.07, 6.45) is 3.74. The van der Waals surface area contributed by atoms with Gasteiger partial charge in [-0.05, 0) is 61.6 Å². The number of hydrogen-bond donors (Lipinski definition) is 2. The van der Waals surface area contributed by atoms with Gasteiger partial charge in [0.05, 0.1) is 16.7 Å².